The molecule has 7 heteroatoms. The van der Waals surface area contributed by atoms with Gasteiger partial charge in [-0.25, -0.2) is 19.2 Å². The third kappa shape index (κ3) is 30.2. The Kier molecular flexibility index (Phi) is 21.2. The van der Waals surface area contributed by atoms with Crippen molar-refractivity contribution in [1.29, 1.82) is 0 Å². The average molecular weight is 436 g/mol. The largest absolute Gasteiger partial charge is 4.00 e. The van der Waals surface area contributed by atoms with Crippen molar-refractivity contribution in [2.45, 2.75) is 27.7 Å². The average Bonchev–Trinajstić information content (AvgIpc) is 2.55. The second-order valence-corrected chi connectivity index (χ2v) is 5.46. The molecule has 4 N–H and O–H groups in total. The van der Waals surface area contributed by atoms with Gasteiger partial charge in [0.2, 0.25) is 12.8 Å². The SMILES string of the molecule is CC(=O)[CH+]C(C)=O.CC(=O)[CH+]C(C)=O.[OH2+]c1ccccc1.[OH2+]c1ccccc1.[Ti+4]. The summed E-state index contributed by atoms with van der Waals surface area (Å²) in [4.78, 5) is 39.9. The van der Waals surface area contributed by atoms with Gasteiger partial charge >= 0.3 is 44.9 Å². The quantitative estimate of drug-likeness (QED) is 0.317. The van der Waals surface area contributed by atoms with Crippen LogP contribution in [0.3, 0.4) is 0 Å². The zero-order chi connectivity index (χ0) is 21.9. The summed E-state index contributed by atoms with van der Waals surface area (Å²) in [5, 5.41) is 14.0. The number of hydrogen-bond donors (Lipinski definition) is 0. The minimum Gasteiger partial charge on any atom is -0.593 e. The Morgan fingerprint density at radius 1 is 0.552 bits per heavy atom. The van der Waals surface area contributed by atoms with E-state index in [0.29, 0.717) is 11.5 Å². The second-order valence-electron chi connectivity index (χ2n) is 5.46. The molecule has 0 saturated heterocycles. The molecule has 148 valence electrons. The molecule has 2 rings (SSSR count). The molecule has 0 spiro atoms. The third-order valence-corrected chi connectivity index (χ3v) is 2.36. The number of rotatable bonds is 4. The molecule has 2 aromatic rings. The van der Waals surface area contributed by atoms with Crippen molar-refractivity contribution >= 4 is 23.1 Å². The van der Waals surface area contributed by atoms with Gasteiger partial charge in [0.15, 0.2) is 0 Å². The number of para-hydroxylation sites is 2. The van der Waals surface area contributed by atoms with Crippen LogP contribution in [0.5, 0.6) is 11.5 Å². The van der Waals surface area contributed by atoms with Gasteiger partial charge in [-0.15, -0.1) is 0 Å². The van der Waals surface area contributed by atoms with E-state index in [4.69, 9.17) is 10.2 Å². The van der Waals surface area contributed by atoms with Crippen molar-refractivity contribution in [2.24, 2.45) is 0 Å². The first-order valence-corrected chi connectivity index (χ1v) is 8.29. The van der Waals surface area contributed by atoms with Crippen LogP contribution in [0.4, 0.5) is 0 Å². The van der Waals surface area contributed by atoms with E-state index in [1.165, 1.54) is 27.7 Å². The molecule has 2 aromatic carbocycles. The fraction of sp³-hybridized carbons (Fsp3) is 0.182. The van der Waals surface area contributed by atoms with E-state index >= 15 is 0 Å². The molecule has 0 aliphatic carbocycles. The van der Waals surface area contributed by atoms with E-state index in [0.717, 1.165) is 12.8 Å². The van der Waals surface area contributed by atoms with Gasteiger partial charge in [0.1, 0.15) is 0 Å². The van der Waals surface area contributed by atoms with Crippen molar-refractivity contribution < 1.29 is 51.1 Å². The fourth-order valence-corrected chi connectivity index (χ4v) is 1.45. The summed E-state index contributed by atoms with van der Waals surface area (Å²) >= 11 is 0. The number of carbonyl (C=O) groups is 4. The van der Waals surface area contributed by atoms with Crippen molar-refractivity contribution in [3.05, 3.63) is 73.5 Å². The van der Waals surface area contributed by atoms with E-state index in [2.05, 4.69) is 0 Å². The first kappa shape index (κ1) is 30.9. The number of hydrogen-bond acceptors (Lipinski definition) is 4. The predicted octanol–water partition coefficient (Wildman–Crippen LogP) is 2.98. The van der Waals surface area contributed by atoms with Crippen molar-refractivity contribution in [1.82, 2.24) is 0 Å². The summed E-state index contributed by atoms with van der Waals surface area (Å²) in [5.41, 5.74) is 0. The number of Topliss-reactive ketones (excluding diaryl/α,β-unsaturated/α-hetero) is 4. The Morgan fingerprint density at radius 2 is 0.759 bits per heavy atom. The van der Waals surface area contributed by atoms with E-state index in [1.54, 1.807) is 24.3 Å². The van der Waals surface area contributed by atoms with E-state index < -0.39 is 0 Å². The molecule has 0 unspecified atom stereocenters. The third-order valence-electron chi connectivity index (χ3n) is 2.36. The van der Waals surface area contributed by atoms with Crippen molar-refractivity contribution in [3.63, 3.8) is 0 Å². The number of ketones is 4. The minimum atomic E-state index is -0.187. The summed E-state index contributed by atoms with van der Waals surface area (Å²) in [6.45, 7) is 5.39. The zero-order valence-corrected chi connectivity index (χ0v) is 18.6. The van der Waals surface area contributed by atoms with Crippen LogP contribution in [-0.4, -0.2) is 33.3 Å². The van der Waals surface area contributed by atoms with E-state index in [1.807, 2.05) is 36.4 Å². The van der Waals surface area contributed by atoms with Crippen molar-refractivity contribution in [2.75, 3.05) is 0 Å². The minimum absolute atomic E-state index is 0. The Balaban J connectivity index is -0.000000307. The fourth-order valence-electron chi connectivity index (χ4n) is 1.45. The van der Waals surface area contributed by atoms with Gasteiger partial charge in [-0.05, 0) is 0 Å². The van der Waals surface area contributed by atoms with Gasteiger partial charge in [-0.2, -0.15) is 0 Å². The molecule has 0 saturated carbocycles. The van der Waals surface area contributed by atoms with Gasteiger partial charge < -0.3 is 10.2 Å². The molecule has 0 heterocycles. The van der Waals surface area contributed by atoms with Gasteiger partial charge in [0.25, 0.3) is 11.5 Å². The predicted molar refractivity (Wildman–Crippen MR) is 110 cm³/mol. The molecule has 0 radical (unpaired) electrons. The molecule has 6 nitrogen and oxygen atoms in total. The first-order chi connectivity index (χ1) is 13.0. The van der Waals surface area contributed by atoms with Crippen LogP contribution in [0.2, 0.25) is 0 Å². The summed E-state index contributed by atoms with van der Waals surface area (Å²) in [6.07, 6.45) is 2.11. The van der Waals surface area contributed by atoms with Crippen LogP contribution in [0.1, 0.15) is 27.7 Å². The molecule has 0 fully saturated rings. The standard InChI is InChI=1S/2C6H6O.2C5H7O2.Ti/c2*7-6-4-2-1-3-5-6;2*1-4(6)3-5(2)7;/h2*1-5,7H;2*3H,1-2H3;/q;;2*+1;+4/p+2. The normalized spacial score (nSPS) is 7.86. The van der Waals surface area contributed by atoms with Crippen LogP contribution in [0.25, 0.3) is 0 Å². The van der Waals surface area contributed by atoms with Crippen LogP contribution < -0.4 is 0 Å². The van der Waals surface area contributed by atoms with Crippen LogP contribution >= 0.6 is 0 Å². The summed E-state index contributed by atoms with van der Waals surface area (Å²) in [6, 6.07) is 18.2. The van der Waals surface area contributed by atoms with E-state index in [9.17, 15) is 19.2 Å². The summed E-state index contributed by atoms with van der Waals surface area (Å²) in [5.74, 6) is 0.394. The molecule has 0 atom stereocenters. The maximum Gasteiger partial charge on any atom is 4.00 e. The zero-order valence-electron chi connectivity index (χ0n) is 17.1. The summed E-state index contributed by atoms with van der Waals surface area (Å²) in [7, 11) is 0. The molecular weight excluding hydrogens is 408 g/mol. The summed E-state index contributed by atoms with van der Waals surface area (Å²) < 4.78 is 0. The topological polar surface area (TPSA) is 114 Å². The monoisotopic (exact) mass is 436 g/mol. The van der Waals surface area contributed by atoms with Gasteiger partial charge in [-0.3, -0.25) is 0 Å². The van der Waals surface area contributed by atoms with Crippen LogP contribution in [0, 0.1) is 12.8 Å². The molecule has 0 bridgehead atoms. The first-order valence-electron chi connectivity index (χ1n) is 8.29. The molecular formula is C22H28O6Ti+8. The smallest absolute Gasteiger partial charge is 0.593 e. The van der Waals surface area contributed by atoms with Gasteiger partial charge in [0.05, 0.1) is 0 Å². The van der Waals surface area contributed by atoms with Crippen molar-refractivity contribution in [3.8, 4) is 11.5 Å². The Bertz CT molecular complexity index is 627. The van der Waals surface area contributed by atoms with E-state index in [-0.39, 0.29) is 44.9 Å². The maximum atomic E-state index is 9.98. The number of benzene rings is 2. The Morgan fingerprint density at radius 3 is 0.828 bits per heavy atom. The number of carbonyl (C=O) groups excluding carboxylic acids is 4. The molecule has 29 heavy (non-hydrogen) atoms. The maximum absolute atomic E-state index is 9.98. The Hall–Kier alpha value is -2.83. The molecule has 0 aromatic heterocycles. The Labute approximate surface area is 186 Å². The van der Waals surface area contributed by atoms with Gasteiger partial charge in [0, 0.05) is 52.0 Å². The van der Waals surface area contributed by atoms with Crippen LogP contribution in [0.15, 0.2) is 60.7 Å². The van der Waals surface area contributed by atoms with Crippen LogP contribution in [-0.2, 0) is 40.9 Å². The molecule has 0 amide bonds. The van der Waals surface area contributed by atoms with Gasteiger partial charge in [-0.1, -0.05) is 36.4 Å². The molecule has 0 aliphatic heterocycles. The molecule has 0 aliphatic rings. The second kappa shape index (κ2) is 19.9.